The average molecular weight is 345 g/mol. The van der Waals surface area contributed by atoms with Gasteiger partial charge in [0.05, 0.1) is 30.2 Å². The van der Waals surface area contributed by atoms with Gasteiger partial charge in [0.2, 0.25) is 5.91 Å². The van der Waals surface area contributed by atoms with Crippen molar-refractivity contribution in [3.8, 4) is 0 Å². The number of rotatable bonds is 5. The summed E-state index contributed by atoms with van der Waals surface area (Å²) >= 11 is 0. The van der Waals surface area contributed by atoms with Crippen LogP contribution in [0.3, 0.4) is 0 Å². The van der Waals surface area contributed by atoms with Gasteiger partial charge in [0.25, 0.3) is 0 Å². The fraction of sp³-hybridized carbons (Fsp3) is 0.647. The summed E-state index contributed by atoms with van der Waals surface area (Å²) < 4.78 is 3.74. The second kappa shape index (κ2) is 6.95. The number of anilines is 1. The minimum absolute atomic E-state index is 0.0117. The summed E-state index contributed by atoms with van der Waals surface area (Å²) in [4.78, 5) is 19.1. The molecular formula is C17H27N7O. The van der Waals surface area contributed by atoms with Crippen molar-refractivity contribution in [2.45, 2.75) is 53.1 Å². The van der Waals surface area contributed by atoms with Crippen molar-refractivity contribution in [1.29, 1.82) is 0 Å². The van der Waals surface area contributed by atoms with Crippen molar-refractivity contribution in [1.82, 2.24) is 29.4 Å². The van der Waals surface area contributed by atoms with E-state index < -0.39 is 0 Å². The first-order chi connectivity index (χ1) is 11.8. The molecule has 0 spiro atoms. The van der Waals surface area contributed by atoms with Crippen LogP contribution in [-0.2, 0) is 18.4 Å². The normalized spacial score (nSPS) is 18.0. The largest absolute Gasteiger partial charge is 0.322 e. The Hall–Kier alpha value is -2.22. The SMILES string of the molecule is Cc1nc(C)n(CC2CCCN2CC(=O)Nc2c(C)nn(C)c2C)n1. The number of aromatic nitrogens is 5. The van der Waals surface area contributed by atoms with Crippen LogP contribution < -0.4 is 5.32 Å². The molecule has 0 bridgehead atoms. The molecule has 8 heteroatoms. The molecular weight excluding hydrogens is 318 g/mol. The van der Waals surface area contributed by atoms with Crippen LogP contribution in [0.15, 0.2) is 0 Å². The molecule has 1 unspecified atom stereocenters. The van der Waals surface area contributed by atoms with Crippen molar-refractivity contribution in [2.75, 3.05) is 18.4 Å². The van der Waals surface area contributed by atoms with Crippen LogP contribution in [0.1, 0.15) is 35.9 Å². The molecule has 2 aromatic heterocycles. The molecule has 1 atom stereocenters. The molecule has 1 saturated heterocycles. The van der Waals surface area contributed by atoms with Crippen LogP contribution in [0.2, 0.25) is 0 Å². The standard InChI is InChI=1S/C17H27N7O/c1-11-17(12(2)22(5)20-11)19-16(25)10-23-8-6-7-15(23)9-24-14(4)18-13(3)21-24/h15H,6-10H2,1-5H3,(H,19,25). The number of amides is 1. The van der Waals surface area contributed by atoms with Crippen LogP contribution in [-0.4, -0.2) is 54.5 Å². The fourth-order valence-corrected chi connectivity index (χ4v) is 3.56. The van der Waals surface area contributed by atoms with E-state index in [1.807, 2.05) is 39.4 Å². The Morgan fingerprint density at radius 2 is 2.00 bits per heavy atom. The zero-order valence-corrected chi connectivity index (χ0v) is 15.7. The summed E-state index contributed by atoms with van der Waals surface area (Å²) in [6.45, 7) is 9.87. The molecule has 2 aromatic rings. The highest BCUT2D eigenvalue weighted by atomic mass is 16.2. The highest BCUT2D eigenvalue weighted by molar-refractivity contribution is 5.93. The third-order valence-electron chi connectivity index (χ3n) is 4.97. The Kier molecular flexibility index (Phi) is 4.89. The van der Waals surface area contributed by atoms with Crippen LogP contribution in [0.5, 0.6) is 0 Å². The Labute approximate surface area is 148 Å². The molecule has 136 valence electrons. The summed E-state index contributed by atoms with van der Waals surface area (Å²) in [7, 11) is 1.89. The number of hydrogen-bond donors (Lipinski definition) is 1. The third kappa shape index (κ3) is 3.73. The monoisotopic (exact) mass is 345 g/mol. The van der Waals surface area contributed by atoms with Gasteiger partial charge in [0.15, 0.2) is 0 Å². The first kappa shape index (κ1) is 17.6. The van der Waals surface area contributed by atoms with Gasteiger partial charge in [-0.3, -0.25) is 14.4 Å². The molecule has 0 saturated carbocycles. The van der Waals surface area contributed by atoms with E-state index >= 15 is 0 Å². The zero-order chi connectivity index (χ0) is 18.1. The van der Waals surface area contributed by atoms with Crippen molar-refractivity contribution in [3.63, 3.8) is 0 Å². The molecule has 0 radical (unpaired) electrons. The molecule has 1 aliphatic heterocycles. The van der Waals surface area contributed by atoms with Crippen molar-refractivity contribution in [2.24, 2.45) is 7.05 Å². The zero-order valence-electron chi connectivity index (χ0n) is 15.7. The van der Waals surface area contributed by atoms with E-state index in [1.54, 1.807) is 4.68 Å². The highest BCUT2D eigenvalue weighted by Gasteiger charge is 2.27. The second-order valence-electron chi connectivity index (χ2n) is 6.87. The van der Waals surface area contributed by atoms with Gasteiger partial charge in [0.1, 0.15) is 11.6 Å². The maximum absolute atomic E-state index is 12.5. The van der Waals surface area contributed by atoms with Crippen LogP contribution in [0, 0.1) is 27.7 Å². The molecule has 1 aliphatic rings. The molecule has 3 heterocycles. The molecule has 1 amide bonds. The predicted molar refractivity (Wildman–Crippen MR) is 95.4 cm³/mol. The molecule has 1 N–H and O–H groups in total. The summed E-state index contributed by atoms with van der Waals surface area (Å²) in [5.74, 6) is 1.73. The number of nitrogens with zero attached hydrogens (tertiary/aromatic N) is 6. The maximum Gasteiger partial charge on any atom is 0.238 e. The number of carbonyl (C=O) groups excluding carboxylic acids is 1. The molecule has 0 aliphatic carbocycles. The molecule has 8 nitrogen and oxygen atoms in total. The van der Waals surface area contributed by atoms with Gasteiger partial charge in [-0.2, -0.15) is 10.2 Å². The first-order valence-corrected chi connectivity index (χ1v) is 8.77. The van der Waals surface area contributed by atoms with E-state index in [4.69, 9.17) is 0 Å². The lowest BCUT2D eigenvalue weighted by molar-refractivity contribution is -0.117. The Morgan fingerprint density at radius 3 is 2.60 bits per heavy atom. The smallest absolute Gasteiger partial charge is 0.238 e. The van der Waals surface area contributed by atoms with E-state index in [2.05, 4.69) is 25.4 Å². The van der Waals surface area contributed by atoms with Gasteiger partial charge in [-0.25, -0.2) is 9.67 Å². The molecule has 1 fully saturated rings. The van der Waals surface area contributed by atoms with Crippen molar-refractivity contribution >= 4 is 11.6 Å². The summed E-state index contributed by atoms with van der Waals surface area (Å²) in [6, 6.07) is 0.321. The van der Waals surface area contributed by atoms with E-state index in [9.17, 15) is 4.79 Å². The fourth-order valence-electron chi connectivity index (χ4n) is 3.56. The lowest BCUT2D eigenvalue weighted by atomic mass is 10.2. The van der Waals surface area contributed by atoms with Gasteiger partial charge in [0, 0.05) is 13.1 Å². The highest BCUT2D eigenvalue weighted by Crippen LogP contribution is 2.21. The van der Waals surface area contributed by atoms with E-state index in [0.29, 0.717) is 12.6 Å². The molecule has 25 heavy (non-hydrogen) atoms. The van der Waals surface area contributed by atoms with Gasteiger partial charge in [-0.15, -0.1) is 0 Å². The first-order valence-electron chi connectivity index (χ1n) is 8.77. The lowest BCUT2D eigenvalue weighted by Crippen LogP contribution is -2.39. The number of likely N-dealkylation sites (tertiary alicyclic amines) is 1. The van der Waals surface area contributed by atoms with Crippen molar-refractivity contribution < 1.29 is 4.79 Å². The predicted octanol–water partition coefficient (Wildman–Crippen LogP) is 1.35. The lowest BCUT2D eigenvalue weighted by Gasteiger charge is -2.24. The van der Waals surface area contributed by atoms with E-state index in [0.717, 1.165) is 54.7 Å². The second-order valence-corrected chi connectivity index (χ2v) is 6.87. The van der Waals surface area contributed by atoms with Crippen LogP contribution in [0.4, 0.5) is 5.69 Å². The number of nitrogens with one attached hydrogen (secondary N) is 1. The molecule has 0 aromatic carbocycles. The quantitative estimate of drug-likeness (QED) is 0.885. The minimum Gasteiger partial charge on any atom is -0.322 e. The third-order valence-corrected chi connectivity index (χ3v) is 4.97. The minimum atomic E-state index is 0.0117. The number of aryl methyl sites for hydroxylation is 4. The van der Waals surface area contributed by atoms with Gasteiger partial charge in [-0.05, 0) is 47.1 Å². The summed E-state index contributed by atoms with van der Waals surface area (Å²) in [5, 5.41) is 11.8. The summed E-state index contributed by atoms with van der Waals surface area (Å²) in [5.41, 5.74) is 2.64. The van der Waals surface area contributed by atoms with Crippen molar-refractivity contribution in [3.05, 3.63) is 23.0 Å². The summed E-state index contributed by atoms with van der Waals surface area (Å²) in [6.07, 6.45) is 2.19. The van der Waals surface area contributed by atoms with Gasteiger partial charge in [-0.1, -0.05) is 0 Å². The van der Waals surface area contributed by atoms with Crippen LogP contribution in [0.25, 0.3) is 0 Å². The van der Waals surface area contributed by atoms with Crippen LogP contribution >= 0.6 is 0 Å². The average Bonchev–Trinajstić information content (AvgIpc) is 3.16. The van der Waals surface area contributed by atoms with E-state index in [-0.39, 0.29) is 5.91 Å². The number of hydrogen-bond acceptors (Lipinski definition) is 5. The molecule has 3 rings (SSSR count). The van der Waals surface area contributed by atoms with Gasteiger partial charge >= 0.3 is 0 Å². The van der Waals surface area contributed by atoms with Gasteiger partial charge < -0.3 is 5.32 Å². The number of carbonyl (C=O) groups is 1. The van der Waals surface area contributed by atoms with E-state index in [1.165, 1.54) is 0 Å². The maximum atomic E-state index is 12.5. The Balaban J connectivity index is 1.63. The Morgan fingerprint density at radius 1 is 1.24 bits per heavy atom. The Bertz CT molecular complexity index is 776. The topological polar surface area (TPSA) is 80.9 Å².